The van der Waals surface area contributed by atoms with Crippen LogP contribution < -0.4 is 15.6 Å². The van der Waals surface area contributed by atoms with Crippen molar-refractivity contribution < 1.29 is 18.3 Å². The van der Waals surface area contributed by atoms with E-state index < -0.39 is 24.1 Å². The molecule has 6 nitrogen and oxygen atoms in total. The number of aromatic nitrogens is 2. The summed E-state index contributed by atoms with van der Waals surface area (Å²) in [7, 11) is 0. The zero-order valence-corrected chi connectivity index (χ0v) is 16.4. The maximum Gasteiger partial charge on any atom is 0.265 e. The molecule has 31 heavy (non-hydrogen) atoms. The fourth-order valence-corrected chi connectivity index (χ4v) is 3.17. The average Bonchev–Trinajstić information content (AvgIpc) is 2.74. The molecule has 4 aromatic rings. The third kappa shape index (κ3) is 4.28. The number of benzene rings is 3. The topological polar surface area (TPSA) is 73.2 Å². The standard InChI is InChI=1S/C23H17F2N3O3/c1-14-26-20-5-3-2-4-18(20)23(30)28(14)17-9-7-16(8-10-17)27-22(29)13-31-21-11-6-15(24)12-19(21)25/h2-12H,13H2,1H3,(H,27,29). The maximum atomic E-state index is 13.6. The van der Waals surface area contributed by atoms with Gasteiger partial charge in [-0.3, -0.25) is 14.2 Å². The summed E-state index contributed by atoms with van der Waals surface area (Å²) < 4.78 is 33.1. The monoisotopic (exact) mass is 421 g/mol. The third-order valence-corrected chi connectivity index (χ3v) is 4.61. The molecule has 0 saturated carbocycles. The molecular formula is C23H17F2N3O3. The van der Waals surface area contributed by atoms with Gasteiger partial charge in [0.05, 0.1) is 16.6 Å². The Bertz CT molecular complexity index is 1330. The number of nitrogens with one attached hydrogen (secondary N) is 1. The van der Waals surface area contributed by atoms with Crippen LogP contribution in [0.3, 0.4) is 0 Å². The summed E-state index contributed by atoms with van der Waals surface area (Å²) >= 11 is 0. The van der Waals surface area contributed by atoms with Gasteiger partial charge in [-0.05, 0) is 55.5 Å². The second-order valence-corrected chi connectivity index (χ2v) is 6.78. The van der Waals surface area contributed by atoms with E-state index in [1.807, 2.05) is 6.07 Å². The van der Waals surface area contributed by atoms with E-state index in [-0.39, 0.29) is 11.3 Å². The Balaban J connectivity index is 1.48. The van der Waals surface area contributed by atoms with Crippen molar-refractivity contribution in [1.82, 2.24) is 9.55 Å². The number of hydrogen-bond acceptors (Lipinski definition) is 4. The van der Waals surface area contributed by atoms with Crippen LogP contribution in [0.5, 0.6) is 5.75 Å². The van der Waals surface area contributed by atoms with E-state index >= 15 is 0 Å². The number of para-hydroxylation sites is 1. The van der Waals surface area contributed by atoms with Gasteiger partial charge in [0, 0.05) is 11.8 Å². The Labute approximate surface area is 175 Å². The summed E-state index contributed by atoms with van der Waals surface area (Å²) in [6.07, 6.45) is 0. The van der Waals surface area contributed by atoms with E-state index in [0.717, 1.165) is 12.1 Å². The van der Waals surface area contributed by atoms with Crippen molar-refractivity contribution in [3.63, 3.8) is 0 Å². The Morgan fingerprint density at radius 2 is 1.81 bits per heavy atom. The van der Waals surface area contributed by atoms with E-state index in [2.05, 4.69) is 10.3 Å². The van der Waals surface area contributed by atoms with E-state index in [4.69, 9.17) is 4.74 Å². The number of amides is 1. The molecule has 0 radical (unpaired) electrons. The summed E-state index contributed by atoms with van der Waals surface area (Å²) in [5.74, 6) is -1.81. The van der Waals surface area contributed by atoms with Crippen LogP contribution >= 0.6 is 0 Å². The number of hydrogen-bond donors (Lipinski definition) is 1. The first-order chi connectivity index (χ1) is 14.9. The molecule has 0 aliphatic heterocycles. The first kappa shape index (κ1) is 20.2. The molecule has 3 aromatic carbocycles. The van der Waals surface area contributed by atoms with Gasteiger partial charge in [0.25, 0.3) is 11.5 Å². The van der Waals surface area contributed by atoms with Crippen molar-refractivity contribution in [2.24, 2.45) is 0 Å². The van der Waals surface area contributed by atoms with Gasteiger partial charge in [0.2, 0.25) is 0 Å². The lowest BCUT2D eigenvalue weighted by Gasteiger charge is -2.12. The second kappa shape index (κ2) is 8.35. The molecule has 0 unspecified atom stereocenters. The first-order valence-corrected chi connectivity index (χ1v) is 9.39. The lowest BCUT2D eigenvalue weighted by molar-refractivity contribution is -0.118. The number of ether oxygens (including phenoxy) is 1. The Morgan fingerprint density at radius 3 is 2.55 bits per heavy atom. The molecule has 1 N–H and O–H groups in total. The van der Waals surface area contributed by atoms with Crippen molar-refractivity contribution in [3.8, 4) is 11.4 Å². The summed E-state index contributed by atoms with van der Waals surface area (Å²) in [5.41, 5.74) is 1.51. The average molecular weight is 421 g/mol. The van der Waals surface area contributed by atoms with Gasteiger partial charge in [0.1, 0.15) is 11.6 Å². The highest BCUT2D eigenvalue weighted by Crippen LogP contribution is 2.18. The lowest BCUT2D eigenvalue weighted by atomic mass is 10.2. The summed E-state index contributed by atoms with van der Waals surface area (Å²) in [5, 5.41) is 3.13. The Kier molecular flexibility index (Phi) is 5.44. The van der Waals surface area contributed by atoms with Crippen LogP contribution in [-0.4, -0.2) is 22.1 Å². The van der Waals surface area contributed by atoms with Crippen molar-refractivity contribution in [2.75, 3.05) is 11.9 Å². The fourth-order valence-electron chi connectivity index (χ4n) is 3.17. The van der Waals surface area contributed by atoms with E-state index in [1.54, 1.807) is 49.4 Å². The van der Waals surface area contributed by atoms with Gasteiger partial charge in [-0.2, -0.15) is 0 Å². The minimum Gasteiger partial charge on any atom is -0.481 e. The minimum absolute atomic E-state index is 0.186. The van der Waals surface area contributed by atoms with Crippen LogP contribution in [0.25, 0.3) is 16.6 Å². The summed E-state index contributed by atoms with van der Waals surface area (Å²) in [4.78, 5) is 29.4. The molecule has 0 atom stereocenters. The minimum atomic E-state index is -0.887. The van der Waals surface area contributed by atoms with Crippen LogP contribution in [0, 0.1) is 18.6 Å². The molecular weight excluding hydrogens is 404 g/mol. The molecule has 1 heterocycles. The number of aryl methyl sites for hydroxylation is 1. The lowest BCUT2D eigenvalue weighted by Crippen LogP contribution is -2.22. The number of rotatable bonds is 5. The van der Waals surface area contributed by atoms with Crippen LogP contribution in [0.2, 0.25) is 0 Å². The highest BCUT2D eigenvalue weighted by Gasteiger charge is 2.11. The molecule has 0 aliphatic carbocycles. The molecule has 1 aromatic heterocycles. The number of carbonyl (C=O) groups excluding carboxylic acids is 1. The van der Waals surface area contributed by atoms with Crippen LogP contribution in [0.1, 0.15) is 5.82 Å². The largest absolute Gasteiger partial charge is 0.481 e. The fraction of sp³-hybridized carbons (Fsp3) is 0.0870. The van der Waals surface area contributed by atoms with Crippen molar-refractivity contribution in [1.29, 1.82) is 0 Å². The van der Waals surface area contributed by atoms with Gasteiger partial charge in [0.15, 0.2) is 18.2 Å². The first-order valence-electron chi connectivity index (χ1n) is 9.39. The number of fused-ring (bicyclic) bond motifs is 1. The Morgan fingerprint density at radius 1 is 1.06 bits per heavy atom. The van der Waals surface area contributed by atoms with E-state index in [0.29, 0.717) is 34.2 Å². The molecule has 0 fully saturated rings. The molecule has 0 spiro atoms. The Hall–Kier alpha value is -4.07. The summed E-state index contributed by atoms with van der Waals surface area (Å²) in [6.45, 7) is 1.30. The number of halogens is 2. The maximum absolute atomic E-state index is 13.6. The van der Waals surface area contributed by atoms with E-state index in [1.165, 1.54) is 4.57 Å². The van der Waals surface area contributed by atoms with Crippen LogP contribution in [-0.2, 0) is 4.79 Å². The van der Waals surface area contributed by atoms with E-state index in [9.17, 15) is 18.4 Å². The molecule has 0 bridgehead atoms. The molecule has 8 heteroatoms. The van der Waals surface area contributed by atoms with Crippen molar-refractivity contribution in [2.45, 2.75) is 6.92 Å². The van der Waals surface area contributed by atoms with Gasteiger partial charge in [-0.15, -0.1) is 0 Å². The smallest absolute Gasteiger partial charge is 0.265 e. The van der Waals surface area contributed by atoms with Gasteiger partial charge < -0.3 is 10.1 Å². The second-order valence-electron chi connectivity index (χ2n) is 6.78. The molecule has 0 saturated heterocycles. The SMILES string of the molecule is Cc1nc2ccccc2c(=O)n1-c1ccc(NC(=O)COc2ccc(F)cc2F)cc1. The summed E-state index contributed by atoms with van der Waals surface area (Å²) in [6, 6.07) is 16.6. The highest BCUT2D eigenvalue weighted by atomic mass is 19.1. The number of anilines is 1. The van der Waals surface area contributed by atoms with Crippen LogP contribution in [0.15, 0.2) is 71.5 Å². The quantitative estimate of drug-likeness (QED) is 0.529. The molecule has 1 amide bonds. The normalized spacial score (nSPS) is 10.8. The predicted octanol–water partition coefficient (Wildman–Crippen LogP) is 3.99. The van der Waals surface area contributed by atoms with Crippen LogP contribution in [0.4, 0.5) is 14.5 Å². The zero-order chi connectivity index (χ0) is 22.0. The predicted molar refractivity (Wildman–Crippen MR) is 113 cm³/mol. The molecule has 0 aliphatic rings. The van der Waals surface area contributed by atoms with Gasteiger partial charge in [-0.25, -0.2) is 13.8 Å². The van der Waals surface area contributed by atoms with Crippen molar-refractivity contribution in [3.05, 3.63) is 94.5 Å². The molecule has 156 valence electrons. The van der Waals surface area contributed by atoms with Gasteiger partial charge >= 0.3 is 0 Å². The highest BCUT2D eigenvalue weighted by molar-refractivity contribution is 5.92. The van der Waals surface area contributed by atoms with Gasteiger partial charge in [-0.1, -0.05) is 12.1 Å². The molecule has 4 rings (SSSR count). The number of nitrogens with zero attached hydrogens (tertiary/aromatic N) is 2. The third-order valence-electron chi connectivity index (χ3n) is 4.61. The zero-order valence-electron chi connectivity index (χ0n) is 16.4. The van der Waals surface area contributed by atoms with Crippen molar-refractivity contribution >= 4 is 22.5 Å². The number of carbonyl (C=O) groups is 1.